The lowest BCUT2D eigenvalue weighted by atomic mass is 10.1. The van der Waals surface area contributed by atoms with Crippen molar-refractivity contribution >= 4 is 11.6 Å². The van der Waals surface area contributed by atoms with Crippen LogP contribution in [-0.2, 0) is 19.6 Å². The van der Waals surface area contributed by atoms with Crippen molar-refractivity contribution in [2.24, 2.45) is 0 Å². The van der Waals surface area contributed by atoms with E-state index in [9.17, 15) is 0 Å². The van der Waals surface area contributed by atoms with Gasteiger partial charge in [0.1, 0.15) is 12.4 Å². The quantitative estimate of drug-likeness (QED) is 0.490. The second-order valence-electron chi connectivity index (χ2n) is 6.87. The van der Waals surface area contributed by atoms with Crippen LogP contribution in [0.1, 0.15) is 30.0 Å². The second kappa shape index (κ2) is 10.1. The molecule has 0 radical (unpaired) electrons. The first-order chi connectivity index (χ1) is 13.2. The molecule has 0 heterocycles. The lowest BCUT2D eigenvalue weighted by Gasteiger charge is -2.14. The molecule has 3 rings (SSSR count). The molecule has 0 aliphatic carbocycles. The Hall–Kier alpha value is -2.29. The Balaban J connectivity index is 1.44. The molecule has 3 aromatic rings. The Labute approximate surface area is 167 Å². The average molecular weight is 380 g/mol. The maximum Gasteiger partial charge on any atom is 0.120 e. The Morgan fingerprint density at radius 2 is 1.59 bits per heavy atom. The van der Waals surface area contributed by atoms with Gasteiger partial charge >= 0.3 is 0 Å². The molecule has 0 saturated heterocycles. The zero-order chi connectivity index (χ0) is 18.9. The van der Waals surface area contributed by atoms with Crippen molar-refractivity contribution in [2.45, 2.75) is 39.0 Å². The van der Waals surface area contributed by atoms with E-state index >= 15 is 0 Å². The normalized spacial score (nSPS) is 11.9. The van der Waals surface area contributed by atoms with Crippen molar-refractivity contribution < 1.29 is 4.74 Å². The molecule has 0 spiro atoms. The second-order valence-corrected chi connectivity index (χ2v) is 7.31. The standard InChI is InChI=1S/C24H26ClNO/c1-19(10-11-20-6-3-2-4-7-20)26-17-22-8-5-9-24(16-22)27-18-21-12-14-23(25)15-13-21/h2-9,12-16,19,26H,10-11,17-18H2,1H3/t19-/m0/s1. The van der Waals surface area contributed by atoms with Crippen LogP contribution in [0.25, 0.3) is 0 Å². The van der Waals surface area contributed by atoms with Gasteiger partial charge in [0, 0.05) is 17.6 Å². The summed E-state index contributed by atoms with van der Waals surface area (Å²) < 4.78 is 5.91. The predicted molar refractivity (Wildman–Crippen MR) is 113 cm³/mol. The van der Waals surface area contributed by atoms with E-state index in [0.29, 0.717) is 12.6 Å². The number of rotatable bonds is 9. The third kappa shape index (κ3) is 6.74. The van der Waals surface area contributed by atoms with Gasteiger partial charge in [0.2, 0.25) is 0 Å². The van der Waals surface area contributed by atoms with Crippen molar-refractivity contribution in [3.8, 4) is 5.75 Å². The van der Waals surface area contributed by atoms with Gasteiger partial charge in [0.05, 0.1) is 0 Å². The Morgan fingerprint density at radius 1 is 0.852 bits per heavy atom. The van der Waals surface area contributed by atoms with Crippen LogP contribution in [0, 0.1) is 0 Å². The maximum atomic E-state index is 5.92. The molecular weight excluding hydrogens is 354 g/mol. The summed E-state index contributed by atoms with van der Waals surface area (Å²) in [5.74, 6) is 0.890. The summed E-state index contributed by atoms with van der Waals surface area (Å²) in [4.78, 5) is 0. The molecule has 1 atom stereocenters. The Morgan fingerprint density at radius 3 is 2.37 bits per heavy atom. The van der Waals surface area contributed by atoms with E-state index in [1.54, 1.807) is 0 Å². The third-order valence-electron chi connectivity index (χ3n) is 4.58. The summed E-state index contributed by atoms with van der Waals surface area (Å²) in [6.07, 6.45) is 2.22. The number of benzene rings is 3. The monoisotopic (exact) mass is 379 g/mol. The molecule has 0 aromatic heterocycles. The SMILES string of the molecule is C[C@@H](CCc1ccccc1)NCc1cccc(OCc2ccc(Cl)cc2)c1. The van der Waals surface area contributed by atoms with Gasteiger partial charge in [-0.15, -0.1) is 0 Å². The van der Waals surface area contributed by atoms with Gasteiger partial charge in [-0.05, 0) is 60.7 Å². The summed E-state index contributed by atoms with van der Waals surface area (Å²) in [6, 6.07) is 27.1. The molecule has 3 aromatic carbocycles. The fraction of sp³-hybridized carbons (Fsp3) is 0.250. The van der Waals surface area contributed by atoms with Gasteiger partial charge in [-0.3, -0.25) is 0 Å². The molecule has 0 aliphatic rings. The maximum absolute atomic E-state index is 5.92. The number of aryl methyl sites for hydroxylation is 1. The highest BCUT2D eigenvalue weighted by molar-refractivity contribution is 6.30. The first-order valence-corrected chi connectivity index (χ1v) is 9.80. The minimum atomic E-state index is 0.462. The van der Waals surface area contributed by atoms with E-state index in [1.807, 2.05) is 36.4 Å². The molecule has 3 heteroatoms. The summed E-state index contributed by atoms with van der Waals surface area (Å²) in [6.45, 7) is 3.62. The highest BCUT2D eigenvalue weighted by Gasteiger charge is 2.04. The van der Waals surface area contributed by atoms with E-state index in [2.05, 4.69) is 54.7 Å². The molecule has 0 aliphatic heterocycles. The van der Waals surface area contributed by atoms with Crippen LogP contribution >= 0.6 is 11.6 Å². The molecule has 2 nitrogen and oxygen atoms in total. The van der Waals surface area contributed by atoms with Gasteiger partial charge in [0.15, 0.2) is 0 Å². The minimum Gasteiger partial charge on any atom is -0.489 e. The van der Waals surface area contributed by atoms with E-state index in [-0.39, 0.29) is 0 Å². The molecule has 140 valence electrons. The number of hydrogen-bond donors (Lipinski definition) is 1. The molecular formula is C24H26ClNO. The van der Waals surface area contributed by atoms with Gasteiger partial charge in [-0.25, -0.2) is 0 Å². The van der Waals surface area contributed by atoms with Crippen LogP contribution in [0.4, 0.5) is 0 Å². The molecule has 27 heavy (non-hydrogen) atoms. The molecule has 0 fully saturated rings. The van der Waals surface area contributed by atoms with Crippen LogP contribution in [0.3, 0.4) is 0 Å². The van der Waals surface area contributed by atoms with Gasteiger partial charge in [-0.1, -0.05) is 66.2 Å². The topological polar surface area (TPSA) is 21.3 Å². The smallest absolute Gasteiger partial charge is 0.120 e. The zero-order valence-electron chi connectivity index (χ0n) is 15.7. The zero-order valence-corrected chi connectivity index (χ0v) is 16.5. The molecule has 0 bridgehead atoms. The van der Waals surface area contributed by atoms with E-state index < -0.39 is 0 Å². The molecule has 0 saturated carbocycles. The molecule has 0 unspecified atom stereocenters. The highest BCUT2D eigenvalue weighted by atomic mass is 35.5. The lowest BCUT2D eigenvalue weighted by molar-refractivity contribution is 0.306. The first-order valence-electron chi connectivity index (χ1n) is 9.42. The predicted octanol–water partition coefficient (Wildman–Crippen LogP) is 6.03. The summed E-state index contributed by atoms with van der Waals surface area (Å²) in [5, 5.41) is 4.35. The summed E-state index contributed by atoms with van der Waals surface area (Å²) >= 11 is 5.92. The number of ether oxygens (including phenoxy) is 1. The fourth-order valence-corrected chi connectivity index (χ4v) is 3.04. The number of nitrogens with one attached hydrogen (secondary N) is 1. The van der Waals surface area contributed by atoms with E-state index in [4.69, 9.17) is 16.3 Å². The van der Waals surface area contributed by atoms with E-state index in [0.717, 1.165) is 35.7 Å². The van der Waals surface area contributed by atoms with Gasteiger partial charge < -0.3 is 10.1 Å². The average Bonchev–Trinajstić information content (AvgIpc) is 2.71. The Bertz CT molecular complexity index is 817. The van der Waals surface area contributed by atoms with Crippen LogP contribution in [0.15, 0.2) is 78.9 Å². The molecule has 1 N–H and O–H groups in total. The fourth-order valence-electron chi connectivity index (χ4n) is 2.91. The molecule has 0 amide bonds. The lowest BCUT2D eigenvalue weighted by Crippen LogP contribution is -2.25. The van der Waals surface area contributed by atoms with Gasteiger partial charge in [-0.2, -0.15) is 0 Å². The Kier molecular flexibility index (Phi) is 7.32. The van der Waals surface area contributed by atoms with Gasteiger partial charge in [0.25, 0.3) is 0 Å². The van der Waals surface area contributed by atoms with Crippen LogP contribution in [0.5, 0.6) is 5.75 Å². The van der Waals surface area contributed by atoms with Crippen molar-refractivity contribution in [3.05, 3.63) is 101 Å². The van der Waals surface area contributed by atoms with E-state index in [1.165, 1.54) is 11.1 Å². The van der Waals surface area contributed by atoms with Crippen LogP contribution < -0.4 is 10.1 Å². The third-order valence-corrected chi connectivity index (χ3v) is 4.83. The summed E-state index contributed by atoms with van der Waals surface area (Å²) in [7, 11) is 0. The van der Waals surface area contributed by atoms with Crippen LogP contribution in [-0.4, -0.2) is 6.04 Å². The first kappa shape index (κ1) is 19.5. The number of halogens is 1. The van der Waals surface area contributed by atoms with Crippen molar-refractivity contribution in [1.82, 2.24) is 5.32 Å². The van der Waals surface area contributed by atoms with Crippen LogP contribution in [0.2, 0.25) is 5.02 Å². The minimum absolute atomic E-state index is 0.462. The summed E-state index contributed by atoms with van der Waals surface area (Å²) in [5.41, 5.74) is 3.73. The van der Waals surface area contributed by atoms with Crippen molar-refractivity contribution in [1.29, 1.82) is 0 Å². The largest absolute Gasteiger partial charge is 0.489 e. The van der Waals surface area contributed by atoms with Crippen molar-refractivity contribution in [2.75, 3.05) is 0 Å². The van der Waals surface area contributed by atoms with Crippen molar-refractivity contribution in [3.63, 3.8) is 0 Å². The highest BCUT2D eigenvalue weighted by Crippen LogP contribution is 2.17. The number of hydrogen-bond acceptors (Lipinski definition) is 2.